The van der Waals surface area contributed by atoms with Crippen molar-refractivity contribution in [3.8, 4) is 5.75 Å². The Balaban J connectivity index is 2.54. The summed E-state index contributed by atoms with van der Waals surface area (Å²) in [7, 11) is -3.81. The second-order valence-corrected chi connectivity index (χ2v) is 8.05. The van der Waals surface area contributed by atoms with Crippen molar-refractivity contribution in [1.82, 2.24) is 4.90 Å². The maximum Gasteiger partial charge on any atom is 0.573 e. The number of ether oxygens (including phenoxy) is 1. The van der Waals surface area contributed by atoms with E-state index in [1.165, 1.54) is 17.2 Å². The summed E-state index contributed by atoms with van der Waals surface area (Å²) >= 11 is 5.93. The van der Waals surface area contributed by atoms with E-state index in [9.17, 15) is 26.4 Å². The largest absolute Gasteiger partial charge is 0.573 e. The standard InChI is InChI=1S/C16H13ClF3N3O4S/c1-28(25,26)14-3-2-11(27-16(18,19)20)4-9(14)7-23-8-10(17)5-12(15(22)24)13(23)6-21/h2-5,8,21H,7H2,1H3,(H2,22,24). The van der Waals surface area contributed by atoms with Gasteiger partial charge in [0.05, 0.1) is 15.5 Å². The number of carbonyl (C=O) groups is 1. The van der Waals surface area contributed by atoms with Crippen LogP contribution in [0.15, 0.2) is 51.7 Å². The Morgan fingerprint density at radius 3 is 2.54 bits per heavy atom. The number of benzene rings is 1. The van der Waals surface area contributed by atoms with Crippen LogP contribution in [0.5, 0.6) is 5.75 Å². The number of hydrogen-bond acceptors (Lipinski definition) is 6. The average Bonchev–Trinajstić information content (AvgIpc) is 2.51. The molecule has 0 aromatic heterocycles. The number of allylic oxidation sites excluding steroid dienone is 2. The summed E-state index contributed by atoms with van der Waals surface area (Å²) in [6, 6.07) is 2.74. The lowest BCUT2D eigenvalue weighted by molar-refractivity contribution is -0.274. The summed E-state index contributed by atoms with van der Waals surface area (Å²) in [5, 5.41) is 7.42. The number of alkyl halides is 3. The van der Waals surface area contributed by atoms with Crippen molar-refractivity contribution in [2.24, 2.45) is 5.73 Å². The zero-order valence-electron chi connectivity index (χ0n) is 14.2. The molecular weight excluding hydrogens is 423 g/mol. The minimum Gasteiger partial charge on any atom is -0.406 e. The molecule has 0 radical (unpaired) electrons. The second kappa shape index (κ2) is 7.70. The molecule has 1 aliphatic rings. The molecule has 2 rings (SSSR count). The molecule has 28 heavy (non-hydrogen) atoms. The summed E-state index contributed by atoms with van der Waals surface area (Å²) < 4.78 is 65.4. The molecule has 0 unspecified atom stereocenters. The Morgan fingerprint density at radius 1 is 1.39 bits per heavy atom. The summed E-state index contributed by atoms with van der Waals surface area (Å²) in [6.07, 6.45) is -1.64. The number of halogens is 4. The molecule has 0 fully saturated rings. The molecule has 0 saturated carbocycles. The third-order valence-corrected chi connectivity index (χ3v) is 4.90. The maximum atomic E-state index is 12.5. The minimum atomic E-state index is -4.97. The second-order valence-electron chi connectivity index (χ2n) is 5.63. The number of nitrogens with one attached hydrogen (secondary N) is 1. The van der Waals surface area contributed by atoms with E-state index in [0.29, 0.717) is 0 Å². The first-order valence-corrected chi connectivity index (χ1v) is 9.63. The van der Waals surface area contributed by atoms with E-state index < -0.39 is 27.9 Å². The molecule has 1 aliphatic heterocycles. The molecule has 3 N–H and O–H groups in total. The SMILES string of the molecule is CS(=O)(=O)c1ccc(OC(F)(F)F)cc1CN1C=C(Cl)C=C(C(N)=O)C1=C=N. The highest BCUT2D eigenvalue weighted by molar-refractivity contribution is 7.90. The topological polar surface area (TPSA) is 114 Å². The zero-order valence-corrected chi connectivity index (χ0v) is 15.7. The van der Waals surface area contributed by atoms with Crippen LogP contribution in [0, 0.1) is 5.41 Å². The Hall–Kier alpha value is -2.75. The van der Waals surface area contributed by atoms with Gasteiger partial charge in [0.15, 0.2) is 9.84 Å². The lowest BCUT2D eigenvalue weighted by Gasteiger charge is -2.27. The van der Waals surface area contributed by atoms with Gasteiger partial charge in [-0.25, -0.2) is 8.42 Å². The van der Waals surface area contributed by atoms with Crippen LogP contribution in [0.25, 0.3) is 0 Å². The molecule has 0 aliphatic carbocycles. The highest BCUT2D eigenvalue weighted by atomic mass is 35.5. The fourth-order valence-electron chi connectivity index (χ4n) is 2.49. The lowest BCUT2D eigenvalue weighted by Crippen LogP contribution is -2.28. The molecule has 1 amide bonds. The fourth-order valence-corrected chi connectivity index (χ4v) is 3.63. The van der Waals surface area contributed by atoms with Gasteiger partial charge in [0.25, 0.3) is 5.91 Å². The van der Waals surface area contributed by atoms with Crippen molar-refractivity contribution < 1.29 is 31.1 Å². The van der Waals surface area contributed by atoms with Gasteiger partial charge in [0.1, 0.15) is 11.4 Å². The normalized spacial score (nSPS) is 14.9. The Morgan fingerprint density at radius 2 is 2.04 bits per heavy atom. The van der Waals surface area contributed by atoms with Crippen LogP contribution in [0.3, 0.4) is 0 Å². The third-order valence-electron chi connectivity index (χ3n) is 3.49. The van der Waals surface area contributed by atoms with E-state index >= 15 is 0 Å². The minimum absolute atomic E-state index is 0.0383. The zero-order chi connectivity index (χ0) is 21.3. The van der Waals surface area contributed by atoms with Gasteiger partial charge in [-0.15, -0.1) is 13.2 Å². The maximum absolute atomic E-state index is 12.5. The fraction of sp³-hybridized carbons (Fsp3) is 0.188. The first kappa shape index (κ1) is 21.5. The molecule has 0 bridgehead atoms. The van der Waals surface area contributed by atoms with Gasteiger partial charge < -0.3 is 15.4 Å². The predicted molar refractivity (Wildman–Crippen MR) is 94.2 cm³/mol. The van der Waals surface area contributed by atoms with Crippen LogP contribution in [-0.4, -0.2) is 37.7 Å². The molecule has 12 heteroatoms. The van der Waals surface area contributed by atoms with E-state index in [1.54, 1.807) is 0 Å². The van der Waals surface area contributed by atoms with Gasteiger partial charge in [0.2, 0.25) is 0 Å². The van der Waals surface area contributed by atoms with Gasteiger partial charge >= 0.3 is 6.36 Å². The monoisotopic (exact) mass is 435 g/mol. The van der Waals surface area contributed by atoms with Gasteiger partial charge in [-0.1, -0.05) is 11.6 Å². The molecule has 1 heterocycles. The molecule has 7 nitrogen and oxygen atoms in total. The van der Waals surface area contributed by atoms with Crippen molar-refractivity contribution >= 4 is 33.2 Å². The highest BCUT2D eigenvalue weighted by Gasteiger charge is 2.32. The number of amides is 1. The van der Waals surface area contributed by atoms with Crippen molar-refractivity contribution in [3.63, 3.8) is 0 Å². The number of rotatable bonds is 5. The van der Waals surface area contributed by atoms with Crippen LogP contribution in [0.1, 0.15) is 5.56 Å². The number of hydrogen-bond donors (Lipinski definition) is 2. The van der Waals surface area contributed by atoms with Crippen molar-refractivity contribution in [3.05, 3.63) is 52.3 Å². The predicted octanol–water partition coefficient (Wildman–Crippen LogP) is 2.43. The van der Waals surface area contributed by atoms with E-state index in [2.05, 4.69) is 4.74 Å². The van der Waals surface area contributed by atoms with Crippen molar-refractivity contribution in [2.75, 3.05) is 6.26 Å². The van der Waals surface area contributed by atoms with Gasteiger partial charge in [-0.3, -0.25) is 10.2 Å². The first-order chi connectivity index (χ1) is 12.8. The quantitative estimate of drug-likeness (QED) is 0.689. The number of nitrogens with two attached hydrogens (primary N) is 1. The molecule has 0 atom stereocenters. The number of primary amides is 1. The summed E-state index contributed by atoms with van der Waals surface area (Å²) in [5.41, 5.74) is 4.87. The number of nitrogens with zero attached hydrogens (tertiary/aromatic N) is 1. The number of sulfone groups is 1. The van der Waals surface area contributed by atoms with E-state index in [-0.39, 0.29) is 33.3 Å². The van der Waals surface area contributed by atoms with Crippen molar-refractivity contribution in [2.45, 2.75) is 17.8 Å². The van der Waals surface area contributed by atoms with Crippen LogP contribution < -0.4 is 10.5 Å². The molecular formula is C16H13ClF3N3O4S. The van der Waals surface area contributed by atoms with Crippen molar-refractivity contribution in [1.29, 1.82) is 5.41 Å². The molecule has 0 saturated heterocycles. The highest BCUT2D eigenvalue weighted by Crippen LogP contribution is 2.31. The molecule has 150 valence electrons. The summed E-state index contributed by atoms with van der Waals surface area (Å²) in [5.74, 6) is 0.452. The first-order valence-electron chi connectivity index (χ1n) is 7.36. The van der Waals surface area contributed by atoms with Crippen LogP contribution in [-0.2, 0) is 21.2 Å². The van der Waals surface area contributed by atoms with Gasteiger partial charge in [-0.05, 0) is 29.8 Å². The summed E-state index contributed by atoms with van der Waals surface area (Å²) in [4.78, 5) is 12.5. The van der Waals surface area contributed by atoms with Crippen LogP contribution >= 0.6 is 11.6 Å². The van der Waals surface area contributed by atoms with E-state index in [1.807, 2.05) is 5.87 Å². The average molecular weight is 436 g/mol. The van der Waals surface area contributed by atoms with E-state index in [4.69, 9.17) is 22.7 Å². The molecule has 0 spiro atoms. The Bertz CT molecular complexity index is 1040. The Kier molecular flexibility index (Phi) is 5.93. The third kappa shape index (κ3) is 5.16. The van der Waals surface area contributed by atoms with Gasteiger partial charge in [-0.2, -0.15) is 0 Å². The molecule has 1 aromatic carbocycles. The van der Waals surface area contributed by atoms with Crippen LogP contribution in [0.2, 0.25) is 0 Å². The van der Waals surface area contributed by atoms with E-state index in [0.717, 1.165) is 24.5 Å². The van der Waals surface area contributed by atoms with Gasteiger partial charge in [0, 0.05) is 24.9 Å². The lowest BCUT2D eigenvalue weighted by atomic mass is 10.1. The Labute approximate surface area is 162 Å². The van der Waals surface area contributed by atoms with Crippen LogP contribution in [0.4, 0.5) is 13.2 Å². The number of carbonyl (C=O) groups excluding carboxylic acids is 1. The molecule has 1 aromatic rings. The summed E-state index contributed by atoms with van der Waals surface area (Å²) in [6.45, 7) is -0.348. The smallest absolute Gasteiger partial charge is 0.406 e.